The Hall–Kier alpha value is -4.54. The Morgan fingerprint density at radius 1 is 0.615 bits per heavy atom. The van der Waals surface area contributed by atoms with Crippen molar-refractivity contribution in [2.24, 2.45) is 9.98 Å². The Labute approximate surface area is 236 Å². The minimum Gasteiger partial charge on any atom is -0.294 e. The first-order valence-electron chi connectivity index (χ1n) is 12.8. The molecular formula is C35H26BrN3. The van der Waals surface area contributed by atoms with E-state index in [4.69, 9.17) is 9.98 Å². The molecule has 39 heavy (non-hydrogen) atoms. The summed E-state index contributed by atoms with van der Waals surface area (Å²) in [5, 5.41) is 2.31. The highest BCUT2D eigenvalue weighted by Gasteiger charge is 2.14. The Morgan fingerprint density at radius 2 is 1.23 bits per heavy atom. The molecule has 6 rings (SSSR count). The van der Waals surface area contributed by atoms with Crippen molar-refractivity contribution in [2.45, 2.75) is 6.92 Å². The van der Waals surface area contributed by atoms with Gasteiger partial charge in [-0.1, -0.05) is 126 Å². The molecule has 1 aromatic heterocycles. The van der Waals surface area contributed by atoms with Crippen LogP contribution in [0, 0.1) is 0 Å². The van der Waals surface area contributed by atoms with Crippen molar-refractivity contribution in [1.29, 1.82) is 0 Å². The quantitative estimate of drug-likeness (QED) is 0.146. The van der Waals surface area contributed by atoms with Crippen molar-refractivity contribution in [2.75, 3.05) is 0 Å². The van der Waals surface area contributed by atoms with Gasteiger partial charge >= 0.3 is 0 Å². The highest BCUT2D eigenvalue weighted by molar-refractivity contribution is 9.10. The molecule has 4 heteroatoms. The number of rotatable bonds is 5. The van der Waals surface area contributed by atoms with Gasteiger partial charge in [0, 0.05) is 26.5 Å². The Balaban J connectivity index is 1.43. The smallest absolute Gasteiger partial charge is 0.161 e. The van der Waals surface area contributed by atoms with Crippen molar-refractivity contribution in [3.63, 3.8) is 0 Å². The zero-order chi connectivity index (χ0) is 26.8. The first kappa shape index (κ1) is 24.8. The van der Waals surface area contributed by atoms with E-state index < -0.39 is 0 Å². The largest absolute Gasteiger partial charge is 0.294 e. The number of halogens is 1. The maximum absolute atomic E-state index is 5.03. The lowest BCUT2D eigenvalue weighted by Crippen LogP contribution is -2.05. The normalized spacial score (nSPS) is 12.3. The van der Waals surface area contributed by atoms with Gasteiger partial charge in [0.05, 0.1) is 11.0 Å². The highest BCUT2D eigenvalue weighted by atomic mass is 79.9. The average molecular weight is 569 g/mol. The van der Waals surface area contributed by atoms with Gasteiger partial charge in [-0.05, 0) is 47.9 Å². The Kier molecular flexibility index (Phi) is 6.78. The molecule has 0 aliphatic rings. The number of para-hydroxylation sites is 1. The first-order valence-corrected chi connectivity index (χ1v) is 13.6. The second-order valence-corrected chi connectivity index (χ2v) is 10.3. The number of nitrogens with zero attached hydrogens (tertiary/aromatic N) is 3. The molecule has 0 amide bonds. The second kappa shape index (κ2) is 10.7. The van der Waals surface area contributed by atoms with E-state index in [9.17, 15) is 0 Å². The molecule has 0 radical (unpaired) electrons. The van der Waals surface area contributed by atoms with Gasteiger partial charge in [0.1, 0.15) is 5.82 Å². The molecule has 6 aromatic rings. The van der Waals surface area contributed by atoms with Gasteiger partial charge in [0.25, 0.3) is 0 Å². The van der Waals surface area contributed by atoms with E-state index in [0.717, 1.165) is 43.1 Å². The predicted molar refractivity (Wildman–Crippen MR) is 170 cm³/mol. The maximum Gasteiger partial charge on any atom is 0.161 e. The first-order chi connectivity index (χ1) is 19.1. The molecule has 0 unspecified atom stereocenters. The molecule has 1 heterocycles. The summed E-state index contributed by atoms with van der Waals surface area (Å²) < 4.78 is 3.15. The number of hydrogen-bond donors (Lipinski definition) is 0. The lowest BCUT2D eigenvalue weighted by molar-refractivity contribution is 1.18. The SMILES string of the molecule is C=C(/N=C(\N=C(/C)c1ccc(-c2ccccc2)cc1)c1ccccc1)n1c2ccccc2c2cc(Br)ccc21. The number of aromatic nitrogens is 1. The van der Waals surface area contributed by atoms with Gasteiger partial charge in [0.15, 0.2) is 5.84 Å². The molecule has 188 valence electrons. The summed E-state index contributed by atoms with van der Waals surface area (Å²) in [4.78, 5) is 10.1. The molecule has 3 nitrogen and oxygen atoms in total. The van der Waals surface area contributed by atoms with Gasteiger partial charge in [-0.25, -0.2) is 9.98 Å². The van der Waals surface area contributed by atoms with E-state index in [0.29, 0.717) is 11.7 Å². The molecule has 0 bridgehead atoms. The summed E-state index contributed by atoms with van der Waals surface area (Å²) >= 11 is 3.63. The fourth-order valence-electron chi connectivity index (χ4n) is 4.89. The third-order valence-electron chi connectivity index (χ3n) is 6.84. The topological polar surface area (TPSA) is 29.6 Å². The van der Waals surface area contributed by atoms with Gasteiger partial charge in [-0.3, -0.25) is 4.57 Å². The fourth-order valence-corrected chi connectivity index (χ4v) is 5.26. The molecule has 0 atom stereocenters. The van der Waals surface area contributed by atoms with Crippen molar-refractivity contribution >= 4 is 55.1 Å². The van der Waals surface area contributed by atoms with Crippen LogP contribution in [0.1, 0.15) is 18.1 Å². The number of hydrogen-bond acceptors (Lipinski definition) is 1. The van der Waals surface area contributed by atoms with E-state index in [1.165, 1.54) is 11.1 Å². The summed E-state index contributed by atoms with van der Waals surface area (Å²) in [6, 6.07) is 43.6. The van der Waals surface area contributed by atoms with Crippen molar-refractivity contribution in [3.05, 3.63) is 150 Å². The molecule has 5 aromatic carbocycles. The van der Waals surface area contributed by atoms with Crippen LogP contribution in [-0.2, 0) is 0 Å². The highest BCUT2D eigenvalue weighted by Crippen LogP contribution is 2.33. The lowest BCUT2D eigenvalue weighted by Gasteiger charge is -2.10. The van der Waals surface area contributed by atoms with Gasteiger partial charge in [0.2, 0.25) is 0 Å². The van der Waals surface area contributed by atoms with Crippen LogP contribution in [0.3, 0.4) is 0 Å². The number of amidine groups is 1. The van der Waals surface area contributed by atoms with Crippen LogP contribution in [0.25, 0.3) is 38.8 Å². The minimum absolute atomic E-state index is 0.610. The third kappa shape index (κ3) is 4.99. The average Bonchev–Trinajstić information content (AvgIpc) is 3.31. The summed E-state index contributed by atoms with van der Waals surface area (Å²) in [5.74, 6) is 1.23. The lowest BCUT2D eigenvalue weighted by atomic mass is 10.0. The maximum atomic E-state index is 5.03. The second-order valence-electron chi connectivity index (χ2n) is 9.37. The van der Waals surface area contributed by atoms with Crippen LogP contribution < -0.4 is 0 Å². The Bertz CT molecular complexity index is 1860. The van der Waals surface area contributed by atoms with Gasteiger partial charge in [-0.15, -0.1) is 0 Å². The van der Waals surface area contributed by atoms with Crippen LogP contribution in [0.4, 0.5) is 0 Å². The third-order valence-corrected chi connectivity index (χ3v) is 7.34. The molecule has 0 saturated carbocycles. The summed E-state index contributed by atoms with van der Waals surface area (Å²) in [6.07, 6.45) is 0. The van der Waals surface area contributed by atoms with Crippen LogP contribution in [0.5, 0.6) is 0 Å². The van der Waals surface area contributed by atoms with E-state index in [2.05, 4.69) is 106 Å². The monoisotopic (exact) mass is 567 g/mol. The van der Waals surface area contributed by atoms with Crippen LogP contribution in [0.15, 0.2) is 148 Å². The van der Waals surface area contributed by atoms with Crippen LogP contribution in [0.2, 0.25) is 0 Å². The van der Waals surface area contributed by atoms with E-state index in [-0.39, 0.29) is 0 Å². The molecule has 0 N–H and O–H groups in total. The van der Waals surface area contributed by atoms with Crippen LogP contribution >= 0.6 is 15.9 Å². The molecule has 0 aliphatic heterocycles. The fraction of sp³-hybridized carbons (Fsp3) is 0.0286. The van der Waals surface area contributed by atoms with Crippen molar-refractivity contribution in [1.82, 2.24) is 4.57 Å². The summed E-state index contributed by atoms with van der Waals surface area (Å²) in [7, 11) is 0. The predicted octanol–water partition coefficient (Wildman–Crippen LogP) is 9.61. The standard InChI is InChI=1S/C35H26BrN3/c1-24(26-17-19-28(20-18-26)27-11-5-3-6-12-27)37-35(29-13-7-4-8-14-29)38-25(2)39-33-16-10-9-15-31(33)32-23-30(36)21-22-34(32)39/h3-23H,2H2,1H3/b37-24+,38-35-. The molecule has 0 spiro atoms. The van der Waals surface area contributed by atoms with Crippen LogP contribution in [-0.4, -0.2) is 16.1 Å². The zero-order valence-corrected chi connectivity index (χ0v) is 23.1. The van der Waals surface area contributed by atoms with E-state index in [1.54, 1.807) is 0 Å². The molecule has 0 fully saturated rings. The number of fused-ring (bicyclic) bond motifs is 3. The number of benzene rings is 5. The zero-order valence-electron chi connectivity index (χ0n) is 21.6. The summed E-state index contributed by atoms with van der Waals surface area (Å²) in [5.41, 5.74) is 7.35. The van der Waals surface area contributed by atoms with E-state index in [1.807, 2.05) is 55.5 Å². The summed E-state index contributed by atoms with van der Waals surface area (Å²) in [6.45, 7) is 6.43. The Morgan fingerprint density at radius 3 is 1.97 bits per heavy atom. The van der Waals surface area contributed by atoms with Crippen molar-refractivity contribution < 1.29 is 0 Å². The number of aliphatic imine (C=N–C) groups is 2. The molecular weight excluding hydrogens is 542 g/mol. The molecule has 0 aliphatic carbocycles. The van der Waals surface area contributed by atoms with Crippen molar-refractivity contribution in [3.8, 4) is 11.1 Å². The minimum atomic E-state index is 0.610. The molecule has 0 saturated heterocycles. The van der Waals surface area contributed by atoms with Gasteiger partial charge < -0.3 is 0 Å². The van der Waals surface area contributed by atoms with Gasteiger partial charge in [-0.2, -0.15) is 0 Å². The van der Waals surface area contributed by atoms with E-state index >= 15 is 0 Å².